The highest BCUT2D eigenvalue weighted by atomic mass is 79.9. The molecule has 2 rings (SSSR count). The van der Waals surface area contributed by atoms with Gasteiger partial charge in [-0.2, -0.15) is 0 Å². The third-order valence-corrected chi connectivity index (χ3v) is 7.32. The minimum atomic E-state index is 0.298. The van der Waals surface area contributed by atoms with E-state index in [1.54, 1.807) is 11.3 Å². The number of halogens is 2. The molecule has 1 fully saturated rings. The molecule has 0 saturated carbocycles. The lowest BCUT2D eigenvalue weighted by atomic mass is 9.83. The van der Waals surface area contributed by atoms with Crippen LogP contribution in [0.4, 0.5) is 0 Å². The Hall–Kier alpha value is 0.580. The predicted octanol–water partition coefficient (Wildman–Crippen LogP) is 4.59. The van der Waals surface area contributed by atoms with Crippen LogP contribution in [0.2, 0.25) is 0 Å². The Balaban J connectivity index is 2.28. The van der Waals surface area contributed by atoms with E-state index in [1.807, 2.05) is 7.05 Å². The Kier molecular flexibility index (Phi) is 4.92. The molecule has 0 bridgehead atoms. The number of ether oxygens (including phenoxy) is 1. The Morgan fingerprint density at radius 3 is 2.33 bits per heavy atom. The van der Waals surface area contributed by atoms with Crippen molar-refractivity contribution in [3.63, 3.8) is 0 Å². The van der Waals surface area contributed by atoms with Crippen LogP contribution in [0.1, 0.15) is 31.7 Å². The van der Waals surface area contributed by atoms with E-state index in [2.05, 4.69) is 64.0 Å². The van der Waals surface area contributed by atoms with Crippen LogP contribution in [0.15, 0.2) is 14.3 Å². The summed E-state index contributed by atoms with van der Waals surface area (Å²) in [4.78, 5) is 1.36. The van der Waals surface area contributed by atoms with Crippen molar-refractivity contribution in [3.8, 4) is 0 Å². The largest absolute Gasteiger partial charge is 0.375 e. The molecule has 0 aliphatic carbocycles. The van der Waals surface area contributed by atoms with Gasteiger partial charge in [0.1, 0.15) is 0 Å². The van der Waals surface area contributed by atoms with Crippen molar-refractivity contribution in [2.24, 2.45) is 11.8 Å². The quantitative estimate of drug-likeness (QED) is 0.806. The number of rotatable bonds is 3. The molecule has 5 heteroatoms. The maximum Gasteiger partial charge on any atom is 0.0843 e. The molecule has 2 heterocycles. The van der Waals surface area contributed by atoms with Crippen molar-refractivity contribution in [3.05, 3.63) is 19.2 Å². The van der Waals surface area contributed by atoms with Gasteiger partial charge in [0.2, 0.25) is 0 Å². The minimum absolute atomic E-state index is 0.298. The first-order valence-electron chi connectivity index (χ1n) is 6.23. The van der Waals surface area contributed by atoms with Crippen LogP contribution in [-0.2, 0) is 4.74 Å². The van der Waals surface area contributed by atoms with Crippen LogP contribution in [0.25, 0.3) is 0 Å². The topological polar surface area (TPSA) is 21.3 Å². The lowest BCUT2D eigenvalue weighted by molar-refractivity contribution is 0.0479. The molecule has 5 unspecified atom stereocenters. The first kappa shape index (κ1) is 15.0. The fourth-order valence-electron chi connectivity index (χ4n) is 2.91. The van der Waals surface area contributed by atoms with Gasteiger partial charge in [-0.05, 0) is 64.7 Å². The molecule has 1 aromatic rings. The molecule has 5 atom stereocenters. The first-order chi connectivity index (χ1) is 8.45. The summed E-state index contributed by atoms with van der Waals surface area (Å²) in [6.45, 7) is 6.65. The number of nitrogens with one attached hydrogen (secondary N) is 1. The standard InChI is InChI=1S/C13H19Br2NOS/c1-6-7(2)17-8(3)11(6)12(16-4)10-5-9(14)13(15)18-10/h5-8,11-12,16H,1-4H3. The Morgan fingerprint density at radius 1 is 1.28 bits per heavy atom. The molecule has 1 aliphatic rings. The molecule has 1 aliphatic heterocycles. The van der Waals surface area contributed by atoms with Crippen LogP contribution < -0.4 is 5.32 Å². The monoisotopic (exact) mass is 395 g/mol. The molecular weight excluding hydrogens is 378 g/mol. The summed E-state index contributed by atoms with van der Waals surface area (Å²) in [5, 5.41) is 3.47. The highest BCUT2D eigenvalue weighted by Crippen LogP contribution is 2.44. The summed E-state index contributed by atoms with van der Waals surface area (Å²) in [5.74, 6) is 1.08. The maximum absolute atomic E-state index is 5.97. The molecule has 0 spiro atoms. The molecule has 0 amide bonds. The van der Waals surface area contributed by atoms with Crippen LogP contribution in [0.5, 0.6) is 0 Å². The summed E-state index contributed by atoms with van der Waals surface area (Å²) < 4.78 is 8.26. The van der Waals surface area contributed by atoms with Crippen molar-refractivity contribution < 1.29 is 4.74 Å². The molecule has 0 radical (unpaired) electrons. The Bertz CT molecular complexity index is 404. The van der Waals surface area contributed by atoms with Gasteiger partial charge in [-0.1, -0.05) is 6.92 Å². The highest BCUT2D eigenvalue weighted by molar-refractivity contribution is 9.13. The van der Waals surface area contributed by atoms with Gasteiger partial charge >= 0.3 is 0 Å². The third kappa shape index (κ3) is 2.70. The molecule has 1 aromatic heterocycles. The van der Waals surface area contributed by atoms with Crippen LogP contribution in [0, 0.1) is 11.8 Å². The second-order valence-corrected chi connectivity index (χ2v) is 8.28. The smallest absolute Gasteiger partial charge is 0.0843 e. The molecule has 102 valence electrons. The van der Waals surface area contributed by atoms with Crippen molar-refractivity contribution in [1.82, 2.24) is 5.32 Å². The molecule has 2 nitrogen and oxygen atoms in total. The van der Waals surface area contributed by atoms with Gasteiger partial charge in [-0.25, -0.2) is 0 Å². The average molecular weight is 397 g/mol. The van der Waals surface area contributed by atoms with Crippen LogP contribution in [-0.4, -0.2) is 19.3 Å². The molecule has 0 aromatic carbocycles. The first-order valence-corrected chi connectivity index (χ1v) is 8.63. The number of thiophene rings is 1. The fraction of sp³-hybridized carbons (Fsp3) is 0.692. The number of hydrogen-bond acceptors (Lipinski definition) is 3. The van der Waals surface area contributed by atoms with Gasteiger partial charge in [-0.3, -0.25) is 0 Å². The van der Waals surface area contributed by atoms with Crippen molar-refractivity contribution in [2.45, 2.75) is 39.0 Å². The fourth-order valence-corrected chi connectivity index (χ4v) is 5.17. The van der Waals surface area contributed by atoms with Gasteiger partial charge in [0.05, 0.1) is 16.0 Å². The van der Waals surface area contributed by atoms with Crippen LogP contribution in [0.3, 0.4) is 0 Å². The zero-order valence-electron chi connectivity index (χ0n) is 11.0. The molecular formula is C13H19Br2NOS. The summed E-state index contributed by atoms with van der Waals surface area (Å²) in [7, 11) is 2.04. The van der Waals surface area contributed by atoms with Gasteiger partial charge in [0.25, 0.3) is 0 Å². The second kappa shape index (κ2) is 5.92. The lowest BCUT2D eigenvalue weighted by Crippen LogP contribution is -2.32. The van der Waals surface area contributed by atoms with E-state index in [9.17, 15) is 0 Å². The predicted molar refractivity (Wildman–Crippen MR) is 84.2 cm³/mol. The summed E-state index contributed by atoms with van der Waals surface area (Å²) >= 11 is 8.94. The zero-order chi connectivity index (χ0) is 13.4. The third-order valence-electron chi connectivity index (χ3n) is 3.99. The van der Waals surface area contributed by atoms with E-state index >= 15 is 0 Å². The maximum atomic E-state index is 5.97. The summed E-state index contributed by atoms with van der Waals surface area (Å²) in [6.07, 6.45) is 0.639. The van der Waals surface area contributed by atoms with E-state index in [4.69, 9.17) is 4.74 Å². The van der Waals surface area contributed by atoms with E-state index in [0.717, 1.165) is 8.26 Å². The van der Waals surface area contributed by atoms with Crippen molar-refractivity contribution >= 4 is 43.2 Å². The van der Waals surface area contributed by atoms with Gasteiger partial charge in [0, 0.05) is 21.3 Å². The summed E-state index contributed by atoms with van der Waals surface area (Å²) in [5.41, 5.74) is 0. The lowest BCUT2D eigenvalue weighted by Gasteiger charge is -2.27. The Morgan fingerprint density at radius 2 is 1.94 bits per heavy atom. The van der Waals surface area contributed by atoms with Gasteiger partial charge in [0.15, 0.2) is 0 Å². The van der Waals surface area contributed by atoms with E-state index in [1.165, 1.54) is 4.88 Å². The normalized spacial score (nSPS) is 33.9. The second-order valence-electron chi connectivity index (χ2n) is 5.02. The van der Waals surface area contributed by atoms with Crippen molar-refractivity contribution in [2.75, 3.05) is 7.05 Å². The van der Waals surface area contributed by atoms with Crippen LogP contribution >= 0.6 is 43.2 Å². The zero-order valence-corrected chi connectivity index (χ0v) is 15.0. The highest BCUT2D eigenvalue weighted by Gasteiger charge is 2.42. The van der Waals surface area contributed by atoms with Gasteiger partial charge < -0.3 is 10.1 Å². The SMILES string of the molecule is CNC(c1cc(Br)c(Br)s1)C1C(C)OC(C)C1C. The molecule has 1 saturated heterocycles. The minimum Gasteiger partial charge on any atom is -0.375 e. The molecule has 1 N–H and O–H groups in total. The van der Waals surface area contributed by atoms with Crippen molar-refractivity contribution in [1.29, 1.82) is 0 Å². The molecule has 18 heavy (non-hydrogen) atoms. The van der Waals surface area contributed by atoms with E-state index in [0.29, 0.717) is 30.1 Å². The number of hydrogen-bond donors (Lipinski definition) is 1. The van der Waals surface area contributed by atoms with Gasteiger partial charge in [-0.15, -0.1) is 11.3 Å². The van der Waals surface area contributed by atoms with E-state index in [-0.39, 0.29) is 0 Å². The summed E-state index contributed by atoms with van der Waals surface area (Å²) in [6, 6.07) is 2.56. The average Bonchev–Trinajstić information content (AvgIpc) is 2.75. The van der Waals surface area contributed by atoms with E-state index < -0.39 is 0 Å². The Labute approximate surface area is 130 Å².